The summed E-state index contributed by atoms with van der Waals surface area (Å²) in [5.41, 5.74) is 1.35. The fourth-order valence-corrected chi connectivity index (χ4v) is 2.17. The topological polar surface area (TPSA) is 85.4 Å². The molecule has 0 saturated heterocycles. The van der Waals surface area contributed by atoms with Crippen molar-refractivity contribution >= 4 is 11.7 Å². The maximum atomic E-state index is 11.9. The van der Waals surface area contributed by atoms with Gasteiger partial charge in [0.2, 0.25) is 6.79 Å². The van der Waals surface area contributed by atoms with Crippen LogP contribution in [0.4, 0.5) is 5.82 Å². The predicted molar refractivity (Wildman–Crippen MR) is 89.1 cm³/mol. The number of fused-ring (bicyclic) bond motifs is 1. The SMILES string of the molecule is CC(C)CNC(=O)c1cnc(NCc2ccc3c(c2)OCO3)cn1. The van der Waals surface area contributed by atoms with Crippen LogP contribution in [-0.2, 0) is 6.54 Å². The number of carbonyl (C=O) groups is 1. The molecular weight excluding hydrogens is 308 g/mol. The van der Waals surface area contributed by atoms with Crippen molar-refractivity contribution in [3.05, 3.63) is 41.9 Å². The number of hydrogen-bond acceptors (Lipinski definition) is 6. The molecule has 0 saturated carbocycles. The lowest BCUT2D eigenvalue weighted by Gasteiger charge is -2.08. The largest absolute Gasteiger partial charge is 0.454 e. The standard InChI is InChI=1S/C17H20N4O3/c1-11(2)6-21-17(22)13-8-20-16(9-18-13)19-7-12-3-4-14-15(5-12)24-10-23-14/h3-5,8-9,11H,6-7,10H2,1-2H3,(H,19,20)(H,21,22). The van der Waals surface area contributed by atoms with E-state index in [4.69, 9.17) is 9.47 Å². The van der Waals surface area contributed by atoms with Crippen LogP contribution in [0.5, 0.6) is 11.5 Å². The van der Waals surface area contributed by atoms with Crippen molar-refractivity contribution in [3.63, 3.8) is 0 Å². The Morgan fingerprint density at radius 2 is 2.04 bits per heavy atom. The number of amides is 1. The number of aromatic nitrogens is 2. The first kappa shape index (κ1) is 16.0. The van der Waals surface area contributed by atoms with Crippen LogP contribution in [0.25, 0.3) is 0 Å². The average Bonchev–Trinajstić information content (AvgIpc) is 3.06. The van der Waals surface area contributed by atoms with E-state index in [1.165, 1.54) is 6.20 Å². The first-order valence-corrected chi connectivity index (χ1v) is 7.84. The Morgan fingerprint density at radius 3 is 2.79 bits per heavy atom. The molecule has 126 valence electrons. The van der Waals surface area contributed by atoms with E-state index in [-0.39, 0.29) is 12.7 Å². The molecule has 3 rings (SSSR count). The van der Waals surface area contributed by atoms with Gasteiger partial charge in [-0.1, -0.05) is 19.9 Å². The second kappa shape index (κ2) is 7.16. The summed E-state index contributed by atoms with van der Waals surface area (Å²) in [5.74, 6) is 2.30. The maximum Gasteiger partial charge on any atom is 0.271 e. The fraction of sp³-hybridized carbons (Fsp3) is 0.353. The molecule has 2 aromatic rings. The summed E-state index contributed by atoms with van der Waals surface area (Å²) in [5, 5.41) is 5.98. The highest BCUT2D eigenvalue weighted by atomic mass is 16.7. The van der Waals surface area contributed by atoms with E-state index in [2.05, 4.69) is 20.6 Å². The summed E-state index contributed by atoms with van der Waals surface area (Å²) < 4.78 is 10.6. The van der Waals surface area contributed by atoms with Gasteiger partial charge in [-0.05, 0) is 23.6 Å². The van der Waals surface area contributed by atoms with Crippen LogP contribution < -0.4 is 20.1 Å². The lowest BCUT2D eigenvalue weighted by atomic mass is 10.2. The molecule has 2 heterocycles. The fourth-order valence-electron chi connectivity index (χ4n) is 2.17. The van der Waals surface area contributed by atoms with E-state index < -0.39 is 0 Å². The van der Waals surface area contributed by atoms with E-state index >= 15 is 0 Å². The highest BCUT2D eigenvalue weighted by Crippen LogP contribution is 2.32. The summed E-state index contributed by atoms with van der Waals surface area (Å²) in [4.78, 5) is 20.3. The van der Waals surface area contributed by atoms with Crippen LogP contribution in [0.2, 0.25) is 0 Å². The summed E-state index contributed by atoms with van der Waals surface area (Å²) in [7, 11) is 0. The van der Waals surface area contributed by atoms with Gasteiger partial charge in [0, 0.05) is 13.1 Å². The molecule has 1 aromatic carbocycles. The Balaban J connectivity index is 1.55. The van der Waals surface area contributed by atoms with Gasteiger partial charge in [0.25, 0.3) is 5.91 Å². The van der Waals surface area contributed by atoms with Crippen LogP contribution in [0.1, 0.15) is 29.9 Å². The van der Waals surface area contributed by atoms with Gasteiger partial charge in [0.05, 0.1) is 12.4 Å². The van der Waals surface area contributed by atoms with E-state index in [9.17, 15) is 4.79 Å². The normalized spacial score (nSPS) is 12.3. The second-order valence-corrected chi connectivity index (χ2v) is 5.93. The van der Waals surface area contributed by atoms with Crippen molar-refractivity contribution < 1.29 is 14.3 Å². The van der Waals surface area contributed by atoms with Gasteiger partial charge < -0.3 is 20.1 Å². The predicted octanol–water partition coefficient (Wildman–Crippen LogP) is 2.20. The molecule has 0 bridgehead atoms. The van der Waals surface area contributed by atoms with Gasteiger partial charge in [-0.15, -0.1) is 0 Å². The number of benzene rings is 1. The molecular formula is C17H20N4O3. The molecule has 7 heteroatoms. The van der Waals surface area contributed by atoms with Crippen molar-refractivity contribution in [2.24, 2.45) is 5.92 Å². The highest BCUT2D eigenvalue weighted by molar-refractivity contribution is 5.91. The lowest BCUT2D eigenvalue weighted by molar-refractivity contribution is 0.0943. The van der Waals surface area contributed by atoms with Crippen molar-refractivity contribution in [1.29, 1.82) is 0 Å². The molecule has 7 nitrogen and oxygen atoms in total. The van der Waals surface area contributed by atoms with Gasteiger partial charge in [-0.25, -0.2) is 9.97 Å². The highest BCUT2D eigenvalue weighted by Gasteiger charge is 2.13. The molecule has 0 radical (unpaired) electrons. The molecule has 2 N–H and O–H groups in total. The van der Waals surface area contributed by atoms with Crippen molar-refractivity contribution in [1.82, 2.24) is 15.3 Å². The van der Waals surface area contributed by atoms with Crippen LogP contribution in [0.3, 0.4) is 0 Å². The number of anilines is 1. The Morgan fingerprint density at radius 1 is 1.21 bits per heavy atom. The average molecular weight is 328 g/mol. The number of carbonyl (C=O) groups excluding carboxylic acids is 1. The Bertz CT molecular complexity index is 716. The van der Waals surface area contributed by atoms with Crippen LogP contribution in [-0.4, -0.2) is 29.2 Å². The summed E-state index contributed by atoms with van der Waals surface area (Å²) in [6.45, 7) is 5.52. The van der Waals surface area contributed by atoms with Crippen molar-refractivity contribution in [3.8, 4) is 11.5 Å². The second-order valence-electron chi connectivity index (χ2n) is 5.93. The summed E-state index contributed by atoms with van der Waals surface area (Å²) in [6, 6.07) is 5.77. The van der Waals surface area contributed by atoms with Gasteiger partial charge in [-0.2, -0.15) is 0 Å². The molecule has 0 spiro atoms. The third-order valence-electron chi connectivity index (χ3n) is 3.47. The van der Waals surface area contributed by atoms with Gasteiger partial charge in [0.1, 0.15) is 11.5 Å². The molecule has 24 heavy (non-hydrogen) atoms. The van der Waals surface area contributed by atoms with Crippen LogP contribution in [0.15, 0.2) is 30.6 Å². The number of ether oxygens (including phenoxy) is 2. The zero-order valence-corrected chi connectivity index (χ0v) is 13.7. The van der Waals surface area contributed by atoms with Crippen molar-refractivity contribution in [2.75, 3.05) is 18.7 Å². The lowest BCUT2D eigenvalue weighted by Crippen LogP contribution is -2.28. The molecule has 0 unspecified atom stereocenters. The third-order valence-corrected chi connectivity index (χ3v) is 3.47. The summed E-state index contributed by atoms with van der Waals surface area (Å²) in [6.07, 6.45) is 3.02. The number of nitrogens with one attached hydrogen (secondary N) is 2. The minimum atomic E-state index is -0.210. The molecule has 1 amide bonds. The van der Waals surface area contributed by atoms with E-state index in [0.717, 1.165) is 17.1 Å². The molecule has 1 aromatic heterocycles. The minimum absolute atomic E-state index is 0.210. The number of hydrogen-bond donors (Lipinski definition) is 2. The van der Waals surface area contributed by atoms with E-state index in [0.29, 0.717) is 30.5 Å². The molecule has 0 fully saturated rings. The monoisotopic (exact) mass is 328 g/mol. The zero-order chi connectivity index (χ0) is 16.9. The maximum absolute atomic E-state index is 11.9. The molecule has 0 atom stereocenters. The third kappa shape index (κ3) is 3.92. The Kier molecular flexibility index (Phi) is 4.79. The van der Waals surface area contributed by atoms with Crippen LogP contribution in [0, 0.1) is 5.92 Å². The van der Waals surface area contributed by atoms with Gasteiger partial charge in [-0.3, -0.25) is 4.79 Å². The molecule has 1 aliphatic heterocycles. The summed E-state index contributed by atoms with van der Waals surface area (Å²) >= 11 is 0. The zero-order valence-electron chi connectivity index (χ0n) is 13.7. The van der Waals surface area contributed by atoms with Crippen LogP contribution >= 0.6 is 0 Å². The first-order valence-electron chi connectivity index (χ1n) is 7.84. The Hall–Kier alpha value is -2.83. The molecule has 0 aliphatic carbocycles. The smallest absolute Gasteiger partial charge is 0.271 e. The Labute approximate surface area is 140 Å². The first-order chi connectivity index (χ1) is 11.6. The number of nitrogens with zero attached hydrogens (tertiary/aromatic N) is 2. The van der Waals surface area contributed by atoms with Crippen molar-refractivity contribution in [2.45, 2.75) is 20.4 Å². The van der Waals surface area contributed by atoms with Gasteiger partial charge >= 0.3 is 0 Å². The van der Waals surface area contributed by atoms with E-state index in [1.54, 1.807) is 6.20 Å². The van der Waals surface area contributed by atoms with Gasteiger partial charge in [0.15, 0.2) is 11.5 Å². The number of rotatable bonds is 6. The quantitative estimate of drug-likeness (QED) is 0.845. The van der Waals surface area contributed by atoms with E-state index in [1.807, 2.05) is 32.0 Å². The minimum Gasteiger partial charge on any atom is -0.454 e. The molecule has 1 aliphatic rings.